The van der Waals surface area contributed by atoms with E-state index in [2.05, 4.69) is 0 Å². The van der Waals surface area contributed by atoms with Crippen molar-refractivity contribution in [2.75, 3.05) is 14.2 Å². The van der Waals surface area contributed by atoms with Crippen LogP contribution in [0.1, 0.15) is 22.3 Å². The van der Waals surface area contributed by atoms with E-state index in [1.54, 1.807) is 49.6 Å². The average molecular weight is 485 g/mol. The second-order valence-corrected chi connectivity index (χ2v) is 9.07. The van der Waals surface area contributed by atoms with E-state index in [0.29, 0.717) is 53.9 Å². The topological polar surface area (TPSA) is 99.4 Å². The number of benzene rings is 4. The largest absolute Gasteiger partial charge is 0.508 e. The standard InChI is InChI=1S/C30H28O6/c1-35-22-13-20-9-8-19-14-25(32)24(16-23(19)29(20)27(34)15-22)30-26(33)11-18(12-28(30)36-2)7-6-17-4-3-5-21(31)10-17/h3-5,10-16,31-34H,6-9H2,1-2H3. The summed E-state index contributed by atoms with van der Waals surface area (Å²) in [7, 11) is 3.09. The number of phenols is 4. The first-order valence-corrected chi connectivity index (χ1v) is 11.8. The van der Waals surface area contributed by atoms with Gasteiger partial charge in [0.25, 0.3) is 0 Å². The van der Waals surface area contributed by atoms with Crippen molar-refractivity contribution in [3.05, 3.63) is 82.9 Å². The molecule has 1 aliphatic carbocycles. The fourth-order valence-electron chi connectivity index (χ4n) is 5.06. The van der Waals surface area contributed by atoms with E-state index in [-0.39, 0.29) is 23.0 Å². The maximum absolute atomic E-state index is 11.0. The van der Waals surface area contributed by atoms with E-state index in [9.17, 15) is 20.4 Å². The molecule has 1 aliphatic rings. The lowest BCUT2D eigenvalue weighted by atomic mass is 9.82. The van der Waals surface area contributed by atoms with Gasteiger partial charge in [-0.05, 0) is 96.0 Å². The van der Waals surface area contributed by atoms with Crippen molar-refractivity contribution in [2.45, 2.75) is 25.7 Å². The van der Waals surface area contributed by atoms with Crippen LogP contribution in [0.2, 0.25) is 0 Å². The van der Waals surface area contributed by atoms with Gasteiger partial charge in [-0.25, -0.2) is 0 Å². The number of aryl methyl sites for hydroxylation is 4. The van der Waals surface area contributed by atoms with E-state index in [1.165, 1.54) is 7.11 Å². The summed E-state index contributed by atoms with van der Waals surface area (Å²) in [5.41, 5.74) is 6.06. The maximum Gasteiger partial charge on any atom is 0.130 e. The van der Waals surface area contributed by atoms with Crippen molar-refractivity contribution in [3.8, 4) is 56.8 Å². The molecular weight excluding hydrogens is 456 g/mol. The Morgan fingerprint density at radius 2 is 1.39 bits per heavy atom. The summed E-state index contributed by atoms with van der Waals surface area (Å²) in [6.07, 6.45) is 2.74. The van der Waals surface area contributed by atoms with Crippen LogP contribution in [0.15, 0.2) is 60.7 Å². The Bertz CT molecular complexity index is 1460. The van der Waals surface area contributed by atoms with Crippen LogP contribution in [0, 0.1) is 0 Å². The number of phenolic OH excluding ortho intramolecular Hbond substituents is 4. The second kappa shape index (κ2) is 9.38. The third-order valence-electron chi connectivity index (χ3n) is 6.81. The second-order valence-electron chi connectivity index (χ2n) is 9.07. The SMILES string of the molecule is COc1cc(O)c2c(c1)CCc1cc(O)c(-c3c(O)cc(CCc4cccc(O)c4)cc3OC)cc1-2. The highest BCUT2D eigenvalue weighted by molar-refractivity contribution is 5.88. The van der Waals surface area contributed by atoms with Crippen LogP contribution < -0.4 is 9.47 Å². The molecule has 0 spiro atoms. The smallest absolute Gasteiger partial charge is 0.130 e. The molecule has 4 aromatic carbocycles. The van der Waals surface area contributed by atoms with Crippen LogP contribution >= 0.6 is 0 Å². The number of ether oxygens (including phenoxy) is 2. The third kappa shape index (κ3) is 4.26. The third-order valence-corrected chi connectivity index (χ3v) is 6.81. The minimum Gasteiger partial charge on any atom is -0.508 e. The Labute approximate surface area is 209 Å². The molecule has 0 saturated carbocycles. The van der Waals surface area contributed by atoms with Gasteiger partial charge in [0, 0.05) is 17.2 Å². The van der Waals surface area contributed by atoms with Crippen molar-refractivity contribution in [3.63, 3.8) is 0 Å². The van der Waals surface area contributed by atoms with E-state index in [0.717, 1.165) is 27.8 Å². The summed E-state index contributed by atoms with van der Waals surface area (Å²) >= 11 is 0. The Hall–Kier alpha value is -4.32. The zero-order chi connectivity index (χ0) is 25.4. The van der Waals surface area contributed by atoms with Crippen molar-refractivity contribution in [1.29, 1.82) is 0 Å². The van der Waals surface area contributed by atoms with E-state index >= 15 is 0 Å². The van der Waals surface area contributed by atoms with E-state index in [4.69, 9.17) is 9.47 Å². The summed E-state index contributed by atoms with van der Waals surface area (Å²) in [5.74, 6) is 1.38. The number of methoxy groups -OCH3 is 2. The molecule has 0 atom stereocenters. The maximum atomic E-state index is 11.0. The van der Waals surface area contributed by atoms with Gasteiger partial charge in [0.15, 0.2) is 0 Å². The van der Waals surface area contributed by atoms with Crippen LogP contribution in [-0.4, -0.2) is 34.6 Å². The highest BCUT2D eigenvalue weighted by Gasteiger charge is 2.25. The molecule has 0 saturated heterocycles. The molecule has 6 nitrogen and oxygen atoms in total. The molecule has 5 rings (SSSR count). The molecule has 0 bridgehead atoms. The van der Waals surface area contributed by atoms with Crippen LogP contribution in [-0.2, 0) is 25.7 Å². The van der Waals surface area contributed by atoms with E-state index in [1.807, 2.05) is 18.2 Å². The van der Waals surface area contributed by atoms with Crippen LogP contribution in [0.5, 0.6) is 34.5 Å². The summed E-state index contributed by atoms with van der Waals surface area (Å²) < 4.78 is 10.9. The molecule has 0 amide bonds. The average Bonchev–Trinajstić information content (AvgIpc) is 2.86. The molecule has 6 heteroatoms. The Morgan fingerprint density at radius 1 is 0.639 bits per heavy atom. The molecule has 0 fully saturated rings. The minimum atomic E-state index is -0.00880. The van der Waals surface area contributed by atoms with Gasteiger partial charge < -0.3 is 29.9 Å². The Morgan fingerprint density at radius 3 is 2.14 bits per heavy atom. The molecule has 184 valence electrons. The van der Waals surface area contributed by atoms with Crippen molar-refractivity contribution < 1.29 is 29.9 Å². The normalized spacial score (nSPS) is 12.1. The van der Waals surface area contributed by atoms with Gasteiger partial charge in [-0.3, -0.25) is 0 Å². The number of rotatable bonds is 6. The number of aromatic hydroxyl groups is 4. The summed E-state index contributed by atoms with van der Waals surface area (Å²) in [6.45, 7) is 0. The molecule has 4 aromatic rings. The lowest BCUT2D eigenvalue weighted by Gasteiger charge is -2.24. The first-order valence-electron chi connectivity index (χ1n) is 11.8. The molecule has 0 unspecified atom stereocenters. The van der Waals surface area contributed by atoms with Crippen molar-refractivity contribution >= 4 is 0 Å². The highest BCUT2D eigenvalue weighted by Crippen LogP contribution is 2.49. The van der Waals surface area contributed by atoms with Gasteiger partial charge in [0.05, 0.1) is 19.8 Å². The lowest BCUT2D eigenvalue weighted by molar-refractivity contribution is 0.407. The first-order chi connectivity index (χ1) is 17.4. The molecule has 4 N–H and O–H groups in total. The predicted octanol–water partition coefficient (Wildman–Crippen LogP) is 5.74. The van der Waals surface area contributed by atoms with Gasteiger partial charge in [-0.15, -0.1) is 0 Å². The van der Waals surface area contributed by atoms with Crippen molar-refractivity contribution in [2.24, 2.45) is 0 Å². The van der Waals surface area contributed by atoms with Gasteiger partial charge in [-0.1, -0.05) is 12.1 Å². The van der Waals surface area contributed by atoms with Crippen molar-refractivity contribution in [1.82, 2.24) is 0 Å². The highest BCUT2D eigenvalue weighted by atomic mass is 16.5. The predicted molar refractivity (Wildman–Crippen MR) is 138 cm³/mol. The van der Waals surface area contributed by atoms with Crippen LogP contribution in [0.3, 0.4) is 0 Å². The quantitative estimate of drug-likeness (QED) is 0.278. The molecule has 0 aromatic heterocycles. The fourth-order valence-corrected chi connectivity index (χ4v) is 5.06. The Balaban J connectivity index is 1.55. The summed E-state index contributed by atoms with van der Waals surface area (Å²) in [5, 5.41) is 42.5. The van der Waals surface area contributed by atoms with Crippen LogP contribution in [0.4, 0.5) is 0 Å². The molecular formula is C30H28O6. The monoisotopic (exact) mass is 484 g/mol. The van der Waals surface area contributed by atoms with Gasteiger partial charge in [0.2, 0.25) is 0 Å². The lowest BCUT2D eigenvalue weighted by Crippen LogP contribution is -2.05. The van der Waals surface area contributed by atoms with Gasteiger partial charge in [-0.2, -0.15) is 0 Å². The zero-order valence-corrected chi connectivity index (χ0v) is 20.2. The number of hydrogen-bond acceptors (Lipinski definition) is 6. The summed E-state index contributed by atoms with van der Waals surface area (Å²) in [4.78, 5) is 0. The number of hydrogen-bond donors (Lipinski definition) is 4. The Kier molecular flexibility index (Phi) is 6.10. The van der Waals surface area contributed by atoms with Gasteiger partial charge >= 0.3 is 0 Å². The number of fused-ring (bicyclic) bond motifs is 3. The molecule has 0 radical (unpaired) electrons. The van der Waals surface area contributed by atoms with Gasteiger partial charge in [0.1, 0.15) is 34.5 Å². The minimum absolute atomic E-state index is 0.00880. The molecule has 36 heavy (non-hydrogen) atoms. The molecule has 0 aliphatic heterocycles. The first kappa shape index (κ1) is 23.4. The summed E-state index contributed by atoms with van der Waals surface area (Å²) in [6, 6.07) is 17.6. The molecule has 0 heterocycles. The van der Waals surface area contributed by atoms with E-state index < -0.39 is 0 Å². The zero-order valence-electron chi connectivity index (χ0n) is 20.2. The van der Waals surface area contributed by atoms with Crippen LogP contribution in [0.25, 0.3) is 22.3 Å². The fraction of sp³-hybridized carbons (Fsp3) is 0.200.